The van der Waals surface area contributed by atoms with Crippen LogP contribution in [0, 0.1) is 5.92 Å². The molecular formula is C49H38N2. The van der Waals surface area contributed by atoms with Crippen molar-refractivity contribution in [3.8, 4) is 22.3 Å². The number of benzene rings is 7. The van der Waals surface area contributed by atoms with Crippen molar-refractivity contribution in [3.63, 3.8) is 0 Å². The van der Waals surface area contributed by atoms with Crippen LogP contribution in [0.15, 0.2) is 206 Å². The summed E-state index contributed by atoms with van der Waals surface area (Å²) in [5, 5.41) is 0. The summed E-state index contributed by atoms with van der Waals surface area (Å²) in [6.45, 7) is 2.39. The van der Waals surface area contributed by atoms with Crippen molar-refractivity contribution < 1.29 is 0 Å². The molecule has 2 atom stereocenters. The first-order valence-electron chi connectivity index (χ1n) is 17.8. The standard InChI is InChI=1S/C49H38N2/c1-35-45(40-28-26-39(27-29-40)38-24-22-37(23-25-38)36-14-6-2-7-15-36)32-33-47-49(35)46-31-30-44(34-48(46)51(47)43-20-12-5-13-21-43)50(41-16-8-3-9-17-41)42-18-10-4-11-19-42/h2-35,49H,1H3. The highest BCUT2D eigenvalue weighted by Gasteiger charge is 2.41. The zero-order valence-electron chi connectivity index (χ0n) is 28.6. The predicted octanol–water partition coefficient (Wildman–Crippen LogP) is 13.3. The maximum absolute atomic E-state index is 2.48. The van der Waals surface area contributed by atoms with Crippen LogP contribution >= 0.6 is 0 Å². The minimum Gasteiger partial charge on any atom is -0.313 e. The monoisotopic (exact) mass is 654 g/mol. The van der Waals surface area contributed by atoms with Gasteiger partial charge in [-0.1, -0.05) is 153 Å². The molecule has 0 N–H and O–H groups in total. The molecular weight excluding hydrogens is 617 g/mol. The highest BCUT2D eigenvalue weighted by atomic mass is 15.2. The van der Waals surface area contributed by atoms with Gasteiger partial charge in [-0.2, -0.15) is 0 Å². The largest absolute Gasteiger partial charge is 0.313 e. The van der Waals surface area contributed by atoms with E-state index in [9.17, 15) is 0 Å². The van der Waals surface area contributed by atoms with Gasteiger partial charge in [0.2, 0.25) is 0 Å². The number of hydrogen-bond acceptors (Lipinski definition) is 2. The smallest absolute Gasteiger partial charge is 0.0518 e. The molecule has 2 heteroatoms. The summed E-state index contributed by atoms with van der Waals surface area (Å²) in [4.78, 5) is 4.83. The van der Waals surface area contributed by atoms with Gasteiger partial charge in [0.1, 0.15) is 0 Å². The van der Waals surface area contributed by atoms with Crippen molar-refractivity contribution in [3.05, 3.63) is 217 Å². The van der Waals surface area contributed by atoms with Gasteiger partial charge in [0.25, 0.3) is 0 Å². The average molecular weight is 655 g/mol. The molecule has 0 spiro atoms. The van der Waals surface area contributed by atoms with Crippen LogP contribution in [0.2, 0.25) is 0 Å². The molecule has 0 saturated heterocycles. The zero-order valence-corrected chi connectivity index (χ0v) is 28.6. The topological polar surface area (TPSA) is 6.48 Å². The molecule has 1 aliphatic carbocycles. The average Bonchev–Trinajstić information content (AvgIpc) is 3.54. The van der Waals surface area contributed by atoms with Crippen LogP contribution in [-0.4, -0.2) is 0 Å². The summed E-state index contributed by atoms with van der Waals surface area (Å²) in [6.07, 6.45) is 4.71. The molecule has 51 heavy (non-hydrogen) atoms. The summed E-state index contributed by atoms with van der Waals surface area (Å²) in [6, 6.07) is 67.8. The lowest BCUT2D eigenvalue weighted by Crippen LogP contribution is -2.20. The molecule has 0 fully saturated rings. The van der Waals surface area contributed by atoms with E-state index in [1.165, 1.54) is 56.0 Å². The molecule has 7 aromatic rings. The Bertz CT molecular complexity index is 2300. The molecule has 7 aromatic carbocycles. The number of allylic oxidation sites excluding steroid dienone is 4. The molecule has 1 aliphatic heterocycles. The van der Waals surface area contributed by atoms with Crippen molar-refractivity contribution >= 4 is 34.0 Å². The maximum atomic E-state index is 2.48. The van der Waals surface area contributed by atoms with Gasteiger partial charge in [0.15, 0.2) is 0 Å². The summed E-state index contributed by atoms with van der Waals surface area (Å²) in [5.74, 6) is 0.528. The predicted molar refractivity (Wildman–Crippen MR) is 215 cm³/mol. The van der Waals surface area contributed by atoms with Crippen molar-refractivity contribution in [1.82, 2.24) is 0 Å². The highest BCUT2D eigenvalue weighted by molar-refractivity contribution is 5.88. The lowest BCUT2D eigenvalue weighted by atomic mass is 9.76. The number of anilines is 5. The number of para-hydroxylation sites is 3. The molecule has 1 heterocycles. The van der Waals surface area contributed by atoms with Gasteiger partial charge >= 0.3 is 0 Å². The van der Waals surface area contributed by atoms with Crippen LogP contribution < -0.4 is 9.80 Å². The van der Waals surface area contributed by atoms with Gasteiger partial charge < -0.3 is 9.80 Å². The van der Waals surface area contributed by atoms with E-state index < -0.39 is 0 Å². The van der Waals surface area contributed by atoms with Gasteiger partial charge in [-0.3, -0.25) is 0 Å². The third-order valence-corrected chi connectivity index (χ3v) is 10.4. The Balaban J connectivity index is 1.07. The van der Waals surface area contributed by atoms with E-state index in [0.29, 0.717) is 5.92 Å². The fourth-order valence-corrected chi connectivity index (χ4v) is 7.94. The maximum Gasteiger partial charge on any atom is 0.0518 e. The van der Waals surface area contributed by atoms with E-state index >= 15 is 0 Å². The molecule has 2 nitrogen and oxygen atoms in total. The van der Waals surface area contributed by atoms with Crippen LogP contribution in [-0.2, 0) is 0 Å². The lowest BCUT2D eigenvalue weighted by molar-refractivity contribution is 0.636. The third kappa shape index (κ3) is 5.65. The Morgan fingerprint density at radius 1 is 0.431 bits per heavy atom. The quantitative estimate of drug-likeness (QED) is 0.169. The zero-order chi connectivity index (χ0) is 34.1. The number of fused-ring (bicyclic) bond motifs is 3. The normalized spacial score (nSPS) is 16.1. The first-order chi connectivity index (χ1) is 25.2. The molecule has 0 aromatic heterocycles. The Hall–Kier alpha value is -6.38. The van der Waals surface area contributed by atoms with Crippen molar-refractivity contribution in [2.45, 2.75) is 12.8 Å². The van der Waals surface area contributed by atoms with E-state index in [-0.39, 0.29) is 5.92 Å². The van der Waals surface area contributed by atoms with Crippen LogP contribution in [0.1, 0.15) is 24.0 Å². The molecule has 2 unspecified atom stereocenters. The fraction of sp³-hybridized carbons (Fsp3) is 0.0612. The minimum absolute atomic E-state index is 0.237. The highest BCUT2D eigenvalue weighted by Crippen LogP contribution is 2.56. The first-order valence-corrected chi connectivity index (χ1v) is 17.8. The Morgan fingerprint density at radius 2 is 0.902 bits per heavy atom. The second-order valence-corrected chi connectivity index (χ2v) is 13.4. The summed E-state index contributed by atoms with van der Waals surface area (Å²) in [7, 11) is 0. The van der Waals surface area contributed by atoms with Crippen molar-refractivity contribution in [2.24, 2.45) is 5.92 Å². The molecule has 0 amide bonds. The fourth-order valence-electron chi connectivity index (χ4n) is 7.94. The summed E-state index contributed by atoms with van der Waals surface area (Å²) < 4.78 is 0. The van der Waals surface area contributed by atoms with Gasteiger partial charge in [0, 0.05) is 34.4 Å². The van der Waals surface area contributed by atoms with Crippen molar-refractivity contribution in [2.75, 3.05) is 9.80 Å². The molecule has 0 bridgehead atoms. The Labute approximate surface area is 300 Å². The third-order valence-electron chi connectivity index (χ3n) is 10.4. The minimum atomic E-state index is 0.237. The second-order valence-electron chi connectivity index (χ2n) is 13.4. The Morgan fingerprint density at radius 3 is 1.45 bits per heavy atom. The lowest BCUT2D eigenvalue weighted by Gasteiger charge is -2.31. The van der Waals surface area contributed by atoms with E-state index in [4.69, 9.17) is 0 Å². The van der Waals surface area contributed by atoms with Gasteiger partial charge in [-0.25, -0.2) is 0 Å². The number of hydrogen-bond donors (Lipinski definition) is 0. The Kier molecular flexibility index (Phi) is 7.91. The van der Waals surface area contributed by atoms with E-state index in [1.54, 1.807) is 0 Å². The van der Waals surface area contributed by atoms with Gasteiger partial charge in [-0.05, 0) is 99.5 Å². The van der Waals surface area contributed by atoms with Crippen LogP contribution in [0.5, 0.6) is 0 Å². The molecule has 244 valence electrons. The summed E-state index contributed by atoms with van der Waals surface area (Å²) >= 11 is 0. The first kappa shape index (κ1) is 30.7. The van der Waals surface area contributed by atoms with E-state index in [2.05, 4.69) is 217 Å². The van der Waals surface area contributed by atoms with E-state index in [1.807, 2.05) is 0 Å². The summed E-state index contributed by atoms with van der Waals surface area (Å²) in [5.41, 5.74) is 16.1. The molecule has 9 rings (SSSR count). The van der Waals surface area contributed by atoms with Crippen LogP contribution in [0.4, 0.5) is 28.4 Å². The molecule has 2 aliphatic rings. The van der Waals surface area contributed by atoms with Crippen LogP contribution in [0.25, 0.3) is 27.8 Å². The number of rotatable bonds is 7. The van der Waals surface area contributed by atoms with E-state index in [0.717, 1.165) is 17.1 Å². The second kappa shape index (κ2) is 13.2. The van der Waals surface area contributed by atoms with Crippen LogP contribution in [0.3, 0.4) is 0 Å². The number of nitrogens with zero attached hydrogens (tertiary/aromatic N) is 2. The van der Waals surface area contributed by atoms with Crippen molar-refractivity contribution in [1.29, 1.82) is 0 Å². The molecule has 0 saturated carbocycles. The molecule has 0 radical (unpaired) electrons. The van der Waals surface area contributed by atoms with Gasteiger partial charge in [-0.15, -0.1) is 0 Å². The SMILES string of the molecule is CC1C(c2ccc(-c3ccc(-c4ccccc4)cc3)cc2)=CC=C2C1c1ccc(N(c3ccccc3)c3ccccc3)cc1N2c1ccccc1. The van der Waals surface area contributed by atoms with Gasteiger partial charge in [0.05, 0.1) is 5.69 Å².